The van der Waals surface area contributed by atoms with Crippen LogP contribution in [0.15, 0.2) is 0 Å². The van der Waals surface area contributed by atoms with E-state index < -0.39 is 0 Å². The van der Waals surface area contributed by atoms with E-state index in [4.69, 9.17) is 11.6 Å². The van der Waals surface area contributed by atoms with E-state index in [2.05, 4.69) is 15.3 Å². The number of aromatic nitrogens is 2. The van der Waals surface area contributed by atoms with Crippen molar-refractivity contribution in [3.63, 3.8) is 0 Å². The smallest absolute Gasteiger partial charge is 0.137 e. The highest BCUT2D eigenvalue weighted by Crippen LogP contribution is 2.19. The number of halogens is 1. The van der Waals surface area contributed by atoms with Gasteiger partial charge < -0.3 is 10.4 Å². The molecular formula is C11H18ClN3O. The first-order valence-corrected chi connectivity index (χ1v) is 5.85. The first-order valence-electron chi connectivity index (χ1n) is 5.47. The van der Waals surface area contributed by atoms with E-state index in [1.165, 1.54) is 0 Å². The number of rotatable bonds is 5. The zero-order chi connectivity index (χ0) is 12.1. The summed E-state index contributed by atoms with van der Waals surface area (Å²) in [7, 11) is 0. The molecule has 90 valence electrons. The topological polar surface area (TPSA) is 58.0 Å². The minimum atomic E-state index is -0.258. The maximum absolute atomic E-state index is 9.42. The molecule has 16 heavy (non-hydrogen) atoms. The molecule has 1 unspecified atom stereocenters. The fraction of sp³-hybridized carbons (Fsp3) is 0.636. The average Bonchev–Trinajstić information content (AvgIpc) is 2.24. The Bertz CT molecular complexity index is 357. The molecule has 1 rings (SSSR count). The van der Waals surface area contributed by atoms with Crippen LogP contribution in [0, 0.1) is 13.8 Å². The van der Waals surface area contributed by atoms with E-state index >= 15 is 0 Å². The highest BCUT2D eigenvalue weighted by Gasteiger charge is 2.07. The first kappa shape index (κ1) is 13.2. The van der Waals surface area contributed by atoms with Crippen LogP contribution in [0.1, 0.15) is 31.2 Å². The van der Waals surface area contributed by atoms with Crippen LogP contribution in [0.5, 0.6) is 0 Å². The van der Waals surface area contributed by atoms with E-state index in [-0.39, 0.29) is 6.10 Å². The van der Waals surface area contributed by atoms with Crippen molar-refractivity contribution in [2.45, 2.75) is 39.7 Å². The molecule has 1 aromatic heterocycles. The molecule has 4 nitrogen and oxygen atoms in total. The van der Waals surface area contributed by atoms with E-state index in [9.17, 15) is 5.11 Å². The summed E-state index contributed by atoms with van der Waals surface area (Å²) in [5.74, 6) is 1.40. The van der Waals surface area contributed by atoms with Gasteiger partial charge in [-0.2, -0.15) is 0 Å². The number of aliphatic hydroxyl groups is 1. The Labute approximate surface area is 101 Å². The molecule has 1 heterocycles. The Balaban J connectivity index is 2.60. The molecule has 0 aromatic carbocycles. The van der Waals surface area contributed by atoms with E-state index in [0.717, 1.165) is 17.8 Å². The number of aliphatic hydroxyl groups excluding tert-OH is 1. The van der Waals surface area contributed by atoms with E-state index in [0.29, 0.717) is 23.9 Å². The van der Waals surface area contributed by atoms with Crippen molar-refractivity contribution in [2.75, 3.05) is 11.9 Å². The van der Waals surface area contributed by atoms with Crippen molar-refractivity contribution in [3.05, 3.63) is 16.5 Å². The second-order valence-electron chi connectivity index (χ2n) is 3.81. The van der Waals surface area contributed by atoms with Crippen molar-refractivity contribution < 1.29 is 5.11 Å². The maximum atomic E-state index is 9.42. The van der Waals surface area contributed by atoms with Crippen LogP contribution >= 0.6 is 11.6 Å². The van der Waals surface area contributed by atoms with Gasteiger partial charge in [0.05, 0.1) is 6.10 Å². The number of hydrogen-bond acceptors (Lipinski definition) is 4. The minimum absolute atomic E-state index is 0.258. The normalized spacial score (nSPS) is 12.6. The maximum Gasteiger partial charge on any atom is 0.137 e. The SMILES string of the molecule is CCC(O)CCNc1nc(C)nc(Cl)c1C. The largest absolute Gasteiger partial charge is 0.393 e. The summed E-state index contributed by atoms with van der Waals surface area (Å²) in [6.07, 6.45) is 1.21. The van der Waals surface area contributed by atoms with Crippen LogP contribution in [0.3, 0.4) is 0 Å². The van der Waals surface area contributed by atoms with Gasteiger partial charge in [0, 0.05) is 12.1 Å². The Morgan fingerprint density at radius 3 is 2.69 bits per heavy atom. The number of aryl methyl sites for hydroxylation is 1. The van der Waals surface area contributed by atoms with Gasteiger partial charge in [0.25, 0.3) is 0 Å². The van der Waals surface area contributed by atoms with Crippen LogP contribution in [0.4, 0.5) is 5.82 Å². The number of anilines is 1. The van der Waals surface area contributed by atoms with Gasteiger partial charge in [-0.1, -0.05) is 18.5 Å². The molecule has 1 aromatic rings. The van der Waals surface area contributed by atoms with Crippen LogP contribution < -0.4 is 5.32 Å². The summed E-state index contributed by atoms with van der Waals surface area (Å²) in [6, 6.07) is 0. The standard InChI is InChI=1S/C11H18ClN3O/c1-4-9(16)5-6-13-11-7(2)10(12)14-8(3)15-11/h9,16H,4-6H2,1-3H3,(H,13,14,15). The monoisotopic (exact) mass is 243 g/mol. The predicted molar refractivity (Wildman–Crippen MR) is 65.9 cm³/mol. The lowest BCUT2D eigenvalue weighted by Crippen LogP contribution is -2.14. The molecule has 0 aliphatic rings. The Hall–Kier alpha value is -0.870. The lowest BCUT2D eigenvalue weighted by Gasteiger charge is -2.12. The van der Waals surface area contributed by atoms with Crippen LogP contribution in [0.2, 0.25) is 5.15 Å². The van der Waals surface area contributed by atoms with Gasteiger partial charge in [-0.3, -0.25) is 0 Å². The number of nitrogens with zero attached hydrogens (tertiary/aromatic N) is 2. The summed E-state index contributed by atoms with van der Waals surface area (Å²) in [6.45, 7) is 6.32. The molecule has 0 saturated carbocycles. The Morgan fingerprint density at radius 1 is 1.38 bits per heavy atom. The van der Waals surface area contributed by atoms with Gasteiger partial charge in [0.1, 0.15) is 16.8 Å². The summed E-state index contributed by atoms with van der Waals surface area (Å²) >= 11 is 5.95. The zero-order valence-corrected chi connectivity index (χ0v) is 10.7. The molecule has 0 fully saturated rings. The molecule has 0 bridgehead atoms. The molecule has 1 atom stereocenters. The van der Waals surface area contributed by atoms with Crippen molar-refractivity contribution in [1.82, 2.24) is 9.97 Å². The lowest BCUT2D eigenvalue weighted by atomic mass is 10.2. The lowest BCUT2D eigenvalue weighted by molar-refractivity contribution is 0.164. The van der Waals surface area contributed by atoms with Gasteiger partial charge in [0.2, 0.25) is 0 Å². The molecule has 5 heteroatoms. The number of hydrogen-bond donors (Lipinski definition) is 2. The van der Waals surface area contributed by atoms with Gasteiger partial charge >= 0.3 is 0 Å². The summed E-state index contributed by atoms with van der Waals surface area (Å²) in [5.41, 5.74) is 0.846. The van der Waals surface area contributed by atoms with Gasteiger partial charge in [-0.05, 0) is 26.7 Å². The Kier molecular flexibility index (Phi) is 4.96. The molecule has 2 N–H and O–H groups in total. The highest BCUT2D eigenvalue weighted by molar-refractivity contribution is 6.30. The van der Waals surface area contributed by atoms with Crippen molar-refractivity contribution in [3.8, 4) is 0 Å². The third kappa shape index (κ3) is 3.61. The molecule has 0 aliphatic carbocycles. The molecule has 0 spiro atoms. The molecule has 0 saturated heterocycles. The van der Waals surface area contributed by atoms with Gasteiger partial charge in [-0.15, -0.1) is 0 Å². The predicted octanol–water partition coefficient (Wildman–Crippen LogP) is 2.32. The summed E-state index contributed by atoms with van der Waals surface area (Å²) in [5, 5.41) is 13.1. The fourth-order valence-corrected chi connectivity index (χ4v) is 1.54. The highest BCUT2D eigenvalue weighted by atomic mass is 35.5. The summed E-state index contributed by atoms with van der Waals surface area (Å²) < 4.78 is 0. The van der Waals surface area contributed by atoms with E-state index in [1.807, 2.05) is 13.8 Å². The Morgan fingerprint density at radius 2 is 2.06 bits per heavy atom. The quantitative estimate of drug-likeness (QED) is 0.780. The summed E-state index contributed by atoms with van der Waals surface area (Å²) in [4.78, 5) is 8.33. The van der Waals surface area contributed by atoms with Crippen LogP contribution in [-0.4, -0.2) is 27.7 Å². The average molecular weight is 244 g/mol. The minimum Gasteiger partial charge on any atom is -0.393 e. The number of nitrogens with one attached hydrogen (secondary N) is 1. The fourth-order valence-electron chi connectivity index (χ4n) is 1.33. The third-order valence-corrected chi connectivity index (χ3v) is 2.81. The van der Waals surface area contributed by atoms with E-state index in [1.54, 1.807) is 6.92 Å². The van der Waals surface area contributed by atoms with Gasteiger partial charge in [-0.25, -0.2) is 9.97 Å². The van der Waals surface area contributed by atoms with Crippen molar-refractivity contribution in [2.24, 2.45) is 0 Å². The molecule has 0 aliphatic heterocycles. The van der Waals surface area contributed by atoms with Crippen molar-refractivity contribution in [1.29, 1.82) is 0 Å². The van der Waals surface area contributed by atoms with Crippen LogP contribution in [-0.2, 0) is 0 Å². The van der Waals surface area contributed by atoms with Gasteiger partial charge in [0.15, 0.2) is 0 Å². The first-order chi connectivity index (χ1) is 7.54. The second-order valence-corrected chi connectivity index (χ2v) is 4.17. The molecule has 0 amide bonds. The van der Waals surface area contributed by atoms with Crippen molar-refractivity contribution >= 4 is 17.4 Å². The molecular weight excluding hydrogens is 226 g/mol. The zero-order valence-electron chi connectivity index (χ0n) is 9.92. The molecule has 0 radical (unpaired) electrons. The third-order valence-electron chi connectivity index (χ3n) is 2.44. The second kappa shape index (κ2) is 6.01. The van der Waals surface area contributed by atoms with Crippen LogP contribution in [0.25, 0.3) is 0 Å².